The number of carbonyl (C=O) groups excluding carboxylic acids is 1. The van der Waals surface area contributed by atoms with Gasteiger partial charge in [-0.05, 0) is 65.2 Å². The van der Waals surface area contributed by atoms with E-state index < -0.39 is 5.91 Å². The summed E-state index contributed by atoms with van der Waals surface area (Å²) in [5.74, 6) is 0.934. The summed E-state index contributed by atoms with van der Waals surface area (Å²) in [4.78, 5) is 11.1. The molecule has 0 spiro atoms. The first kappa shape index (κ1) is 20.6. The Morgan fingerprint density at radius 1 is 0.933 bits per heavy atom. The number of hydroxylamine groups is 1. The van der Waals surface area contributed by atoms with Crippen LogP contribution < -0.4 is 15.6 Å². The first-order valence-electron chi connectivity index (χ1n) is 9.17. The second-order valence-corrected chi connectivity index (χ2v) is 6.27. The number of rotatable bonds is 8. The van der Waals surface area contributed by atoms with Gasteiger partial charge in [0.1, 0.15) is 11.5 Å². The van der Waals surface area contributed by atoms with E-state index in [-0.39, 0.29) is 0 Å². The third kappa shape index (κ3) is 6.19. The van der Waals surface area contributed by atoms with Gasteiger partial charge in [-0.1, -0.05) is 43.0 Å². The third-order valence-corrected chi connectivity index (χ3v) is 4.04. The van der Waals surface area contributed by atoms with Gasteiger partial charge < -0.3 is 4.74 Å². The lowest BCUT2D eigenvalue weighted by molar-refractivity contribution is -0.124. The van der Waals surface area contributed by atoms with Crippen molar-refractivity contribution in [2.75, 3.05) is 0 Å². The van der Waals surface area contributed by atoms with E-state index in [0.717, 1.165) is 28.2 Å². The zero-order chi connectivity index (χ0) is 21.2. The van der Waals surface area contributed by atoms with Crippen LogP contribution in [0, 0.1) is 0 Å². The number of hydrogen-bond donors (Lipinski definition) is 3. The summed E-state index contributed by atoms with van der Waals surface area (Å²) in [7, 11) is 0. The second-order valence-electron chi connectivity index (χ2n) is 6.27. The van der Waals surface area contributed by atoms with E-state index in [1.165, 1.54) is 6.08 Å². The van der Waals surface area contributed by atoms with Gasteiger partial charge in [-0.3, -0.25) is 15.4 Å². The van der Waals surface area contributed by atoms with E-state index in [4.69, 9.17) is 9.94 Å². The maximum absolute atomic E-state index is 11.1. The lowest BCUT2D eigenvalue weighted by Gasteiger charge is -2.07. The van der Waals surface area contributed by atoms with Crippen LogP contribution in [0.4, 0.5) is 0 Å². The topological polar surface area (TPSA) is 83.0 Å². The monoisotopic (exact) mass is 399 g/mol. The number of ether oxygens (including phenoxy) is 1. The van der Waals surface area contributed by atoms with E-state index in [9.17, 15) is 4.79 Å². The molecule has 6 heteroatoms. The molecule has 0 saturated carbocycles. The Labute approximate surface area is 174 Å². The fraction of sp³-hybridized carbons (Fsp3) is 0. The van der Waals surface area contributed by atoms with Crippen molar-refractivity contribution in [1.82, 2.24) is 10.9 Å². The minimum absolute atomic E-state index is 0.595. The smallest absolute Gasteiger partial charge is 0.267 e. The third-order valence-electron chi connectivity index (χ3n) is 4.04. The highest BCUT2D eigenvalue weighted by Crippen LogP contribution is 2.20. The molecule has 3 aromatic carbocycles. The van der Waals surface area contributed by atoms with Crippen LogP contribution in [0.15, 0.2) is 96.6 Å². The lowest BCUT2D eigenvalue weighted by Crippen LogP contribution is -2.14. The molecular formula is C24H21N3O3. The number of nitrogens with one attached hydrogen (secondary N) is 2. The molecule has 0 radical (unpaired) electrons. The molecule has 3 N–H and O–H groups in total. The fourth-order valence-corrected chi connectivity index (χ4v) is 2.54. The first-order chi connectivity index (χ1) is 14.6. The SMILES string of the molecule is C=C(N/N=C/c1ccc(Oc2ccccc2)cc1)c1cccc(/C=C/C(=O)NO)c1. The Kier molecular flexibility index (Phi) is 7.13. The van der Waals surface area contributed by atoms with E-state index in [1.54, 1.807) is 17.8 Å². The summed E-state index contributed by atoms with van der Waals surface area (Å²) in [6.45, 7) is 3.98. The quantitative estimate of drug-likeness (QED) is 0.224. The number of benzene rings is 3. The van der Waals surface area contributed by atoms with Crippen LogP contribution in [0.1, 0.15) is 16.7 Å². The summed E-state index contributed by atoms with van der Waals surface area (Å²) in [6.07, 6.45) is 4.51. The minimum atomic E-state index is -0.595. The van der Waals surface area contributed by atoms with Crippen LogP contribution in [-0.2, 0) is 4.79 Å². The van der Waals surface area contributed by atoms with Gasteiger partial charge in [0.2, 0.25) is 0 Å². The zero-order valence-corrected chi connectivity index (χ0v) is 16.2. The number of hydrogen-bond acceptors (Lipinski definition) is 5. The summed E-state index contributed by atoms with van der Waals surface area (Å²) in [6, 6.07) is 24.6. The fourth-order valence-electron chi connectivity index (χ4n) is 2.54. The highest BCUT2D eigenvalue weighted by molar-refractivity contribution is 5.91. The Balaban J connectivity index is 1.56. The average Bonchev–Trinajstić information content (AvgIpc) is 2.79. The molecule has 0 atom stereocenters. The first-order valence-corrected chi connectivity index (χ1v) is 9.17. The van der Waals surface area contributed by atoms with Crippen molar-refractivity contribution in [1.29, 1.82) is 0 Å². The van der Waals surface area contributed by atoms with Crippen LogP contribution in [0.3, 0.4) is 0 Å². The van der Waals surface area contributed by atoms with Gasteiger partial charge in [-0.25, -0.2) is 5.48 Å². The molecule has 0 aliphatic rings. The predicted octanol–water partition coefficient (Wildman–Crippen LogP) is 4.59. The molecular weight excluding hydrogens is 378 g/mol. The van der Waals surface area contributed by atoms with Crippen LogP contribution in [0.25, 0.3) is 11.8 Å². The van der Waals surface area contributed by atoms with E-state index in [0.29, 0.717) is 5.70 Å². The molecule has 1 amide bonds. The minimum Gasteiger partial charge on any atom is -0.457 e. The summed E-state index contributed by atoms with van der Waals surface area (Å²) >= 11 is 0. The van der Waals surface area contributed by atoms with Crippen molar-refractivity contribution in [3.8, 4) is 11.5 Å². The van der Waals surface area contributed by atoms with Gasteiger partial charge in [0.05, 0.1) is 11.9 Å². The molecule has 0 unspecified atom stereocenters. The molecule has 0 saturated heterocycles. The lowest BCUT2D eigenvalue weighted by atomic mass is 10.1. The maximum Gasteiger partial charge on any atom is 0.267 e. The van der Waals surface area contributed by atoms with Gasteiger partial charge in [-0.15, -0.1) is 0 Å². The molecule has 0 heterocycles. The molecule has 30 heavy (non-hydrogen) atoms. The van der Waals surface area contributed by atoms with Gasteiger partial charge in [-0.2, -0.15) is 5.10 Å². The number of amides is 1. The molecule has 6 nitrogen and oxygen atoms in total. The summed E-state index contributed by atoms with van der Waals surface area (Å²) < 4.78 is 5.77. The number of hydrazone groups is 1. The Morgan fingerprint density at radius 3 is 2.40 bits per heavy atom. The van der Waals surface area contributed by atoms with E-state index in [2.05, 4.69) is 17.1 Å². The largest absolute Gasteiger partial charge is 0.457 e. The van der Waals surface area contributed by atoms with Crippen LogP contribution in [0.2, 0.25) is 0 Å². The molecule has 3 rings (SSSR count). The molecule has 0 fully saturated rings. The van der Waals surface area contributed by atoms with Crippen molar-refractivity contribution in [3.63, 3.8) is 0 Å². The van der Waals surface area contributed by atoms with Crippen molar-refractivity contribution in [3.05, 3.63) is 108 Å². The molecule has 3 aromatic rings. The highest BCUT2D eigenvalue weighted by atomic mass is 16.5. The summed E-state index contributed by atoms with van der Waals surface area (Å²) in [5, 5.41) is 12.7. The summed E-state index contributed by atoms with van der Waals surface area (Å²) in [5.41, 5.74) is 7.58. The Hall–Kier alpha value is -4.16. The van der Waals surface area contributed by atoms with Crippen molar-refractivity contribution < 1.29 is 14.7 Å². The van der Waals surface area contributed by atoms with Gasteiger partial charge in [0, 0.05) is 6.08 Å². The molecule has 150 valence electrons. The standard InChI is InChI=1S/C24H21N3O3/c1-18(21-7-5-6-19(16-21)12-15-24(28)27-29)26-25-17-20-10-13-23(14-11-20)30-22-8-3-2-4-9-22/h2-17,26,29H,1H2,(H,27,28)/b15-12+,25-17+. The molecule has 0 aliphatic heterocycles. The zero-order valence-electron chi connectivity index (χ0n) is 16.2. The number of nitrogens with zero attached hydrogens (tertiary/aromatic N) is 1. The Bertz CT molecular complexity index is 1060. The molecule has 0 aliphatic carbocycles. The van der Waals surface area contributed by atoms with Crippen molar-refractivity contribution in [2.45, 2.75) is 0 Å². The Morgan fingerprint density at radius 2 is 1.67 bits per heavy atom. The second kappa shape index (κ2) is 10.4. The van der Waals surface area contributed by atoms with Crippen LogP contribution >= 0.6 is 0 Å². The predicted molar refractivity (Wildman–Crippen MR) is 118 cm³/mol. The van der Waals surface area contributed by atoms with Gasteiger partial charge >= 0.3 is 0 Å². The number of carbonyl (C=O) groups is 1. The van der Waals surface area contributed by atoms with E-state index >= 15 is 0 Å². The molecule has 0 aromatic heterocycles. The van der Waals surface area contributed by atoms with Gasteiger partial charge in [0.15, 0.2) is 0 Å². The normalized spacial score (nSPS) is 10.8. The van der Waals surface area contributed by atoms with Gasteiger partial charge in [0.25, 0.3) is 5.91 Å². The van der Waals surface area contributed by atoms with Crippen LogP contribution in [0.5, 0.6) is 11.5 Å². The highest BCUT2D eigenvalue weighted by Gasteiger charge is 2.00. The molecule has 0 bridgehead atoms. The van der Waals surface area contributed by atoms with Crippen molar-refractivity contribution >= 4 is 23.9 Å². The number of para-hydroxylation sites is 1. The maximum atomic E-state index is 11.1. The van der Waals surface area contributed by atoms with Crippen LogP contribution in [-0.4, -0.2) is 17.3 Å². The van der Waals surface area contributed by atoms with E-state index in [1.807, 2.05) is 78.9 Å². The average molecular weight is 399 g/mol. The van der Waals surface area contributed by atoms with Crippen molar-refractivity contribution in [2.24, 2.45) is 5.10 Å².